The topological polar surface area (TPSA) is 76.1 Å². The van der Waals surface area contributed by atoms with Gasteiger partial charge in [0.25, 0.3) is 0 Å². The van der Waals surface area contributed by atoms with Gasteiger partial charge in [-0.25, -0.2) is 9.97 Å². The number of amides is 1. The van der Waals surface area contributed by atoms with Gasteiger partial charge in [0.05, 0.1) is 5.39 Å². The fraction of sp³-hybridized carbons (Fsp3) is 0.0952. The molecule has 0 bridgehead atoms. The number of carbonyl (C=O) groups excluding carboxylic acids is 1. The number of rotatable bonds is 6. The molecule has 4 rings (SSSR count). The van der Waals surface area contributed by atoms with Crippen LogP contribution >= 0.6 is 11.3 Å². The third kappa shape index (κ3) is 3.85. The normalized spacial score (nSPS) is 10.8. The Morgan fingerprint density at radius 3 is 2.54 bits per heavy atom. The van der Waals surface area contributed by atoms with E-state index in [0.29, 0.717) is 5.69 Å². The predicted octanol–water partition coefficient (Wildman–Crippen LogP) is 4.69. The summed E-state index contributed by atoms with van der Waals surface area (Å²) in [6, 6.07) is 17.7. The highest BCUT2D eigenvalue weighted by atomic mass is 32.1. The van der Waals surface area contributed by atoms with Crippen LogP contribution in [0.2, 0.25) is 0 Å². The fourth-order valence-electron chi connectivity index (χ4n) is 2.90. The first-order valence-corrected chi connectivity index (χ1v) is 9.56. The molecule has 0 atom stereocenters. The number of fused-ring (bicyclic) bond motifs is 1. The van der Waals surface area contributed by atoms with Gasteiger partial charge in [-0.2, -0.15) is 0 Å². The van der Waals surface area contributed by atoms with E-state index in [4.69, 9.17) is 4.74 Å². The fourth-order valence-corrected chi connectivity index (χ4v) is 3.82. The monoisotopic (exact) mass is 390 g/mol. The van der Waals surface area contributed by atoms with Crippen molar-refractivity contribution in [3.8, 4) is 11.1 Å². The second-order valence-electron chi connectivity index (χ2n) is 6.10. The smallest absolute Gasteiger partial charge is 0.250 e. The highest BCUT2D eigenvalue weighted by Gasteiger charge is 2.13. The van der Waals surface area contributed by atoms with Gasteiger partial charge in [-0.05, 0) is 29.8 Å². The van der Waals surface area contributed by atoms with E-state index in [1.807, 2.05) is 42.5 Å². The van der Waals surface area contributed by atoms with Gasteiger partial charge in [0.2, 0.25) is 5.91 Å². The minimum absolute atomic E-state index is 0.0271. The van der Waals surface area contributed by atoms with E-state index in [-0.39, 0.29) is 12.5 Å². The second kappa shape index (κ2) is 8.16. The van der Waals surface area contributed by atoms with Gasteiger partial charge in [0.1, 0.15) is 23.6 Å². The molecule has 0 saturated heterocycles. The van der Waals surface area contributed by atoms with Crippen LogP contribution in [-0.2, 0) is 9.53 Å². The van der Waals surface area contributed by atoms with Gasteiger partial charge >= 0.3 is 0 Å². The Hall–Kier alpha value is -3.29. The molecular formula is C21H18N4O2S. The first-order valence-electron chi connectivity index (χ1n) is 8.68. The molecule has 2 aromatic carbocycles. The zero-order valence-corrected chi connectivity index (χ0v) is 16.0. The SMILES string of the molecule is COCC(=O)Nc1ccc(Nc2ncnc3scc(-c4ccccc4)c23)cc1. The number of carbonyl (C=O) groups is 1. The zero-order chi connectivity index (χ0) is 19.3. The van der Waals surface area contributed by atoms with E-state index in [2.05, 4.69) is 38.1 Å². The molecule has 28 heavy (non-hydrogen) atoms. The number of nitrogens with zero attached hydrogens (tertiary/aromatic N) is 2. The molecule has 0 aliphatic heterocycles. The van der Waals surface area contributed by atoms with Crippen molar-refractivity contribution in [2.45, 2.75) is 0 Å². The van der Waals surface area contributed by atoms with Gasteiger partial charge < -0.3 is 15.4 Å². The number of benzene rings is 2. The van der Waals surface area contributed by atoms with Crippen molar-refractivity contribution in [2.75, 3.05) is 24.4 Å². The molecule has 2 N–H and O–H groups in total. The molecule has 140 valence electrons. The maximum absolute atomic E-state index is 11.6. The number of ether oxygens (including phenoxy) is 1. The van der Waals surface area contributed by atoms with Crippen LogP contribution in [0.4, 0.5) is 17.2 Å². The standard InChI is InChI=1S/C21H18N4O2S/c1-27-11-18(26)24-15-7-9-16(10-8-15)25-20-19-17(14-5-3-2-4-6-14)12-28-21(19)23-13-22-20/h2-10,12-13H,11H2,1H3,(H,24,26)(H,22,23,25). The van der Waals surface area contributed by atoms with Crippen molar-refractivity contribution < 1.29 is 9.53 Å². The molecular weight excluding hydrogens is 372 g/mol. The van der Waals surface area contributed by atoms with Gasteiger partial charge in [-0.1, -0.05) is 30.3 Å². The molecule has 1 amide bonds. The zero-order valence-electron chi connectivity index (χ0n) is 15.2. The summed E-state index contributed by atoms with van der Waals surface area (Å²) < 4.78 is 4.82. The van der Waals surface area contributed by atoms with Gasteiger partial charge in [-0.3, -0.25) is 4.79 Å². The number of methoxy groups -OCH3 is 1. The largest absolute Gasteiger partial charge is 0.375 e. The lowest BCUT2D eigenvalue weighted by molar-refractivity contribution is -0.119. The molecule has 0 aliphatic rings. The van der Waals surface area contributed by atoms with E-state index in [9.17, 15) is 4.79 Å². The Morgan fingerprint density at radius 2 is 1.79 bits per heavy atom. The minimum atomic E-state index is -0.188. The quantitative estimate of drug-likeness (QED) is 0.500. The van der Waals surface area contributed by atoms with Gasteiger partial charge in [0, 0.05) is 29.4 Å². The van der Waals surface area contributed by atoms with Crippen LogP contribution in [-0.4, -0.2) is 29.6 Å². The lowest BCUT2D eigenvalue weighted by Gasteiger charge is -2.10. The molecule has 2 aromatic heterocycles. The van der Waals surface area contributed by atoms with E-state index in [0.717, 1.165) is 32.8 Å². The lowest BCUT2D eigenvalue weighted by atomic mass is 10.1. The van der Waals surface area contributed by atoms with Crippen LogP contribution in [0.15, 0.2) is 66.3 Å². The summed E-state index contributed by atoms with van der Waals surface area (Å²) in [5.74, 6) is 0.563. The molecule has 2 heterocycles. The molecule has 0 radical (unpaired) electrons. The van der Waals surface area contributed by atoms with Crippen LogP contribution in [0.1, 0.15) is 0 Å². The van der Waals surface area contributed by atoms with Crippen LogP contribution in [0.3, 0.4) is 0 Å². The number of hydrogen-bond acceptors (Lipinski definition) is 6. The highest BCUT2D eigenvalue weighted by molar-refractivity contribution is 7.17. The number of hydrogen-bond donors (Lipinski definition) is 2. The number of anilines is 3. The van der Waals surface area contributed by atoms with Crippen molar-refractivity contribution in [3.05, 3.63) is 66.3 Å². The molecule has 0 aliphatic carbocycles. The van der Waals surface area contributed by atoms with Crippen LogP contribution in [0, 0.1) is 0 Å². The van der Waals surface area contributed by atoms with Crippen molar-refractivity contribution in [1.82, 2.24) is 9.97 Å². The number of aromatic nitrogens is 2. The van der Waals surface area contributed by atoms with E-state index in [1.165, 1.54) is 7.11 Å². The highest BCUT2D eigenvalue weighted by Crippen LogP contribution is 2.37. The van der Waals surface area contributed by atoms with Crippen molar-refractivity contribution in [1.29, 1.82) is 0 Å². The van der Waals surface area contributed by atoms with Crippen molar-refractivity contribution >= 4 is 44.7 Å². The van der Waals surface area contributed by atoms with Crippen LogP contribution < -0.4 is 10.6 Å². The molecule has 4 aromatic rings. The van der Waals surface area contributed by atoms with Gasteiger partial charge in [0.15, 0.2) is 0 Å². The summed E-state index contributed by atoms with van der Waals surface area (Å²) >= 11 is 1.60. The summed E-state index contributed by atoms with van der Waals surface area (Å²) in [5, 5.41) is 9.24. The average molecular weight is 390 g/mol. The lowest BCUT2D eigenvalue weighted by Crippen LogP contribution is -2.16. The summed E-state index contributed by atoms with van der Waals surface area (Å²) in [6.07, 6.45) is 1.56. The molecule has 0 unspecified atom stereocenters. The van der Waals surface area contributed by atoms with Crippen LogP contribution in [0.5, 0.6) is 0 Å². The third-order valence-electron chi connectivity index (χ3n) is 4.16. The summed E-state index contributed by atoms with van der Waals surface area (Å²) in [7, 11) is 1.49. The van der Waals surface area contributed by atoms with E-state index >= 15 is 0 Å². The number of nitrogens with one attached hydrogen (secondary N) is 2. The molecule has 6 nitrogen and oxygen atoms in total. The Morgan fingerprint density at radius 1 is 1.04 bits per heavy atom. The average Bonchev–Trinajstić information content (AvgIpc) is 3.16. The summed E-state index contributed by atoms with van der Waals surface area (Å²) in [5.41, 5.74) is 3.81. The second-order valence-corrected chi connectivity index (χ2v) is 6.96. The Kier molecular flexibility index (Phi) is 5.27. The summed E-state index contributed by atoms with van der Waals surface area (Å²) in [6.45, 7) is 0.0271. The minimum Gasteiger partial charge on any atom is -0.375 e. The first kappa shape index (κ1) is 18.1. The van der Waals surface area contributed by atoms with Crippen molar-refractivity contribution in [3.63, 3.8) is 0 Å². The molecule has 0 fully saturated rings. The Bertz CT molecular complexity index is 1090. The Labute approximate surface area is 166 Å². The maximum atomic E-state index is 11.6. The summed E-state index contributed by atoms with van der Waals surface area (Å²) in [4.78, 5) is 21.4. The van der Waals surface area contributed by atoms with E-state index in [1.54, 1.807) is 17.7 Å². The van der Waals surface area contributed by atoms with Gasteiger partial charge in [-0.15, -0.1) is 11.3 Å². The van der Waals surface area contributed by atoms with Crippen molar-refractivity contribution in [2.24, 2.45) is 0 Å². The Balaban J connectivity index is 1.62. The predicted molar refractivity (Wildman–Crippen MR) is 113 cm³/mol. The number of thiophene rings is 1. The third-order valence-corrected chi connectivity index (χ3v) is 5.05. The molecule has 0 saturated carbocycles. The maximum Gasteiger partial charge on any atom is 0.250 e. The molecule has 7 heteroatoms. The van der Waals surface area contributed by atoms with Crippen LogP contribution in [0.25, 0.3) is 21.3 Å². The molecule has 0 spiro atoms. The van der Waals surface area contributed by atoms with E-state index < -0.39 is 0 Å². The first-order chi connectivity index (χ1) is 13.7.